The zero-order valence-corrected chi connectivity index (χ0v) is 59.8. The number of amides is 7. The molecule has 3 aliphatic rings. The summed E-state index contributed by atoms with van der Waals surface area (Å²) in [6, 6.07) is -5.63. The Morgan fingerprint density at radius 2 is 0.843 bits per heavy atom. The molecule has 0 bridgehead atoms. The van der Waals surface area contributed by atoms with Gasteiger partial charge in [-0.25, -0.2) is 4.57 Å². The van der Waals surface area contributed by atoms with Gasteiger partial charge in [-0.3, -0.25) is 52.2 Å². The highest BCUT2D eigenvalue weighted by atomic mass is 31.2. The van der Waals surface area contributed by atoms with E-state index in [1.54, 1.807) is 0 Å². The number of aliphatic hydroxyl groups excluding tert-OH is 9. The quantitative estimate of drug-likeness (QED) is 0.0205. The molecule has 590 valence electrons. The Morgan fingerprint density at radius 3 is 1.31 bits per heavy atom. The van der Waals surface area contributed by atoms with Crippen molar-refractivity contribution in [3.63, 3.8) is 0 Å². The van der Waals surface area contributed by atoms with E-state index in [-0.39, 0.29) is 148 Å². The minimum atomic E-state index is -4.09. The number of ether oxygens (including phenoxy) is 8. The van der Waals surface area contributed by atoms with Crippen LogP contribution < -0.4 is 37.2 Å². The third-order valence-electron chi connectivity index (χ3n) is 16.8. The largest absolute Gasteiger partial charge is 0.471 e. The summed E-state index contributed by atoms with van der Waals surface area (Å²) >= 11 is 0. The van der Waals surface area contributed by atoms with Crippen molar-refractivity contribution in [1.82, 2.24) is 37.2 Å². The average Bonchev–Trinajstić information content (AvgIpc) is 0.822. The van der Waals surface area contributed by atoms with Crippen molar-refractivity contribution in [2.75, 3.05) is 92.9 Å². The molecule has 1 unspecified atom stereocenters. The molecule has 3 heterocycles. The third-order valence-corrected chi connectivity index (χ3v) is 17.8. The highest BCUT2D eigenvalue weighted by molar-refractivity contribution is 7.47. The van der Waals surface area contributed by atoms with E-state index in [0.29, 0.717) is 70.6 Å². The topological polar surface area (TPSA) is 550 Å². The molecule has 0 spiro atoms. The molecule has 0 radical (unpaired) electrons. The SMILES string of the molecule is COP(=O)(O)OCCCCNC(=O)COCCOCCCC(=O)[C@H](CCCCNC(=O)CCCCO[C@@H]1O[C@H](CO)[C@H](O)[C@H](O)[C@H]1NC(C)=O)NC(=O)[C@H](CCCCCC(=O)CCCCO[C@@H]1O[C@H](CO)[C@H](O)[C@H](O)[C@H]1NC(C)=O)NC(=O)CCCCO[C@@H]1O[C@H](CO)[C@H](O)[C@H](O)[C@H]1NC(C)=O. The van der Waals surface area contributed by atoms with Crippen molar-refractivity contribution in [2.45, 2.75) is 260 Å². The van der Waals surface area contributed by atoms with Crippen molar-refractivity contribution >= 4 is 60.7 Å². The molecular weight excluding hydrogens is 1380 g/mol. The van der Waals surface area contributed by atoms with E-state index in [1.165, 1.54) is 20.8 Å². The first kappa shape index (κ1) is 91.3. The first-order valence-electron chi connectivity index (χ1n) is 35.1. The van der Waals surface area contributed by atoms with Crippen molar-refractivity contribution in [2.24, 2.45) is 0 Å². The second-order valence-electron chi connectivity index (χ2n) is 25.2. The lowest BCUT2D eigenvalue weighted by Gasteiger charge is -2.42. The summed E-state index contributed by atoms with van der Waals surface area (Å²) in [4.78, 5) is 125. The Hall–Kier alpha value is -4.94. The molecule has 0 aromatic heterocycles. The van der Waals surface area contributed by atoms with E-state index in [0.717, 1.165) is 7.11 Å². The number of carbonyl (C=O) groups is 9. The van der Waals surface area contributed by atoms with Crippen LogP contribution in [0.1, 0.15) is 156 Å². The summed E-state index contributed by atoms with van der Waals surface area (Å²) < 4.78 is 65.6. The standard InChI is InChI=1S/C64H114N7O30P/c1-39(75)67-52-58(86)55(83)46(35-72)99-62(52)95-29-14-9-20-42(78)19-6-5-7-22-44(70-50(81)25-11-16-31-97-64-54(69-41(3)77)60(88)57(85)48(37-74)101-64)61(89)71-43(45(79)23-18-28-93-33-34-94-38-51(82)66-27-13-17-32-98-102(90,91)92-4)21-8-12-26-65-49(80)24-10-15-30-96-63-53(68-40(2)76)59(87)56(84)47(36-73)100-63/h43-44,46-48,52-60,62-64,72-74,83-88H,5-38H2,1-4H3,(H,65,80)(H,66,82)(H,67,75)(H,68,76)(H,69,77)(H,70,81)(H,71,89)(H,90,91)/t43-,44-,46+,47+,48+,52+,53+,54+,55-,56-,57-,58+,59+,60+,62+,63+,64+/m0/s1. The third kappa shape index (κ3) is 35.9. The minimum absolute atomic E-state index is 0.0433. The summed E-state index contributed by atoms with van der Waals surface area (Å²) in [6.07, 6.45) is -10.5. The van der Waals surface area contributed by atoms with Gasteiger partial charge in [0.2, 0.25) is 41.4 Å². The van der Waals surface area contributed by atoms with Gasteiger partial charge in [0.15, 0.2) is 24.7 Å². The zero-order chi connectivity index (χ0) is 75.6. The summed E-state index contributed by atoms with van der Waals surface area (Å²) in [5.41, 5.74) is 0. The highest BCUT2D eigenvalue weighted by Crippen LogP contribution is 2.42. The summed E-state index contributed by atoms with van der Waals surface area (Å²) in [5, 5.41) is 110. The molecule has 102 heavy (non-hydrogen) atoms. The van der Waals surface area contributed by atoms with E-state index >= 15 is 0 Å². The van der Waals surface area contributed by atoms with Crippen molar-refractivity contribution in [1.29, 1.82) is 0 Å². The molecule has 3 rings (SSSR count). The smallest absolute Gasteiger partial charge is 0.394 e. The van der Waals surface area contributed by atoms with E-state index in [1.807, 2.05) is 0 Å². The molecule has 18 atom stereocenters. The number of ketones is 2. The molecule has 3 saturated heterocycles. The maximum absolute atomic E-state index is 14.4. The van der Waals surface area contributed by atoms with Gasteiger partial charge >= 0.3 is 7.82 Å². The molecule has 7 amide bonds. The number of phosphoric ester groups is 1. The minimum Gasteiger partial charge on any atom is -0.394 e. The first-order valence-corrected chi connectivity index (χ1v) is 36.6. The van der Waals surface area contributed by atoms with Gasteiger partial charge in [-0.1, -0.05) is 12.8 Å². The molecule has 3 aliphatic heterocycles. The van der Waals surface area contributed by atoms with Crippen LogP contribution >= 0.6 is 7.82 Å². The van der Waals surface area contributed by atoms with Crippen LogP contribution in [-0.2, 0) is 94.7 Å². The van der Waals surface area contributed by atoms with E-state index < -0.39 is 167 Å². The van der Waals surface area contributed by atoms with Crippen LogP contribution in [0.3, 0.4) is 0 Å². The van der Waals surface area contributed by atoms with Gasteiger partial charge < -0.3 is 126 Å². The van der Waals surface area contributed by atoms with Crippen LogP contribution in [-0.4, -0.2) is 301 Å². The van der Waals surface area contributed by atoms with Gasteiger partial charge in [-0.15, -0.1) is 0 Å². The van der Waals surface area contributed by atoms with Crippen LogP contribution in [0.2, 0.25) is 0 Å². The Kier molecular flexibility index (Phi) is 45.9. The maximum atomic E-state index is 14.4. The number of Topliss-reactive ketones (excluding diaryl/α,β-unsaturated/α-hetero) is 2. The van der Waals surface area contributed by atoms with Crippen LogP contribution in [0, 0.1) is 0 Å². The van der Waals surface area contributed by atoms with Gasteiger partial charge in [-0.2, -0.15) is 0 Å². The number of unbranched alkanes of at least 4 members (excludes halogenated alkanes) is 7. The van der Waals surface area contributed by atoms with Gasteiger partial charge in [0, 0.05) is 99.5 Å². The molecule has 0 aliphatic carbocycles. The molecule has 38 heteroatoms. The lowest BCUT2D eigenvalue weighted by molar-refractivity contribution is -0.270. The Bertz CT molecular complexity index is 2540. The van der Waals surface area contributed by atoms with E-state index in [2.05, 4.69) is 41.7 Å². The fourth-order valence-electron chi connectivity index (χ4n) is 11.2. The fraction of sp³-hybridized carbons (Fsp3) is 0.859. The highest BCUT2D eigenvalue weighted by Gasteiger charge is 2.48. The summed E-state index contributed by atoms with van der Waals surface area (Å²) in [7, 11) is -3.04. The molecular formula is C64H114N7O30P. The number of carbonyl (C=O) groups excluding carboxylic acids is 9. The predicted octanol–water partition coefficient (Wildman–Crippen LogP) is -3.80. The van der Waals surface area contributed by atoms with Crippen molar-refractivity contribution < 1.29 is 146 Å². The molecule has 0 aromatic carbocycles. The zero-order valence-electron chi connectivity index (χ0n) is 58.9. The molecule has 0 aromatic rings. The average molecular weight is 1490 g/mol. The van der Waals surface area contributed by atoms with Gasteiger partial charge in [-0.05, 0) is 89.9 Å². The number of phosphoric acid groups is 1. The van der Waals surface area contributed by atoms with Gasteiger partial charge in [0.05, 0.1) is 45.7 Å². The number of nitrogens with one attached hydrogen (secondary N) is 7. The van der Waals surface area contributed by atoms with E-state index in [4.69, 9.17) is 42.4 Å². The van der Waals surface area contributed by atoms with Gasteiger partial charge in [0.1, 0.15) is 91.5 Å². The summed E-state index contributed by atoms with van der Waals surface area (Å²) in [5.74, 6) is -3.83. The Labute approximate surface area is 594 Å². The molecule has 0 saturated carbocycles. The second kappa shape index (κ2) is 51.3. The van der Waals surface area contributed by atoms with Crippen LogP contribution in [0.25, 0.3) is 0 Å². The number of hydrogen-bond acceptors (Lipinski definition) is 29. The normalized spacial score (nSPS) is 26.2. The lowest BCUT2D eigenvalue weighted by Crippen LogP contribution is -2.64. The maximum Gasteiger partial charge on any atom is 0.471 e. The monoisotopic (exact) mass is 1490 g/mol. The Balaban J connectivity index is 1.64. The van der Waals surface area contributed by atoms with Crippen LogP contribution in [0.5, 0.6) is 0 Å². The lowest BCUT2D eigenvalue weighted by atomic mass is 9.97. The van der Waals surface area contributed by atoms with Gasteiger partial charge in [0.25, 0.3) is 0 Å². The molecule has 37 nitrogen and oxygen atoms in total. The number of rotatable bonds is 55. The fourth-order valence-corrected chi connectivity index (χ4v) is 11.6. The number of aliphatic hydroxyl groups is 9. The second-order valence-corrected chi connectivity index (χ2v) is 26.8. The predicted molar refractivity (Wildman–Crippen MR) is 355 cm³/mol. The van der Waals surface area contributed by atoms with Crippen LogP contribution in [0.15, 0.2) is 0 Å². The molecule has 17 N–H and O–H groups in total. The van der Waals surface area contributed by atoms with Crippen molar-refractivity contribution in [3.8, 4) is 0 Å². The van der Waals surface area contributed by atoms with Crippen molar-refractivity contribution in [3.05, 3.63) is 0 Å². The summed E-state index contributed by atoms with van der Waals surface area (Å²) in [6.45, 7) is 2.22. The van der Waals surface area contributed by atoms with Crippen LogP contribution in [0.4, 0.5) is 0 Å². The first-order chi connectivity index (χ1) is 48.7. The Morgan fingerprint density at radius 1 is 0.431 bits per heavy atom. The molecule has 3 fully saturated rings. The van der Waals surface area contributed by atoms with E-state index in [9.17, 15) is 98.6 Å². The number of hydrogen-bond donors (Lipinski definition) is 17.